The number of nitrogens with one attached hydrogen (secondary N) is 1. The van der Waals surface area contributed by atoms with E-state index in [0.717, 1.165) is 23.9 Å². The average molecular weight is 249 g/mol. The fourth-order valence-electron chi connectivity index (χ4n) is 2.85. The molecule has 0 amide bonds. The number of phenolic OH excluding ortho intramolecular Hbond substituents is 2. The Labute approximate surface area is 109 Å². The maximum atomic E-state index is 9.79. The van der Waals surface area contributed by atoms with E-state index in [9.17, 15) is 10.2 Å². The summed E-state index contributed by atoms with van der Waals surface area (Å²) in [5, 5.41) is 22.7. The molecule has 100 valence electrons. The first-order valence-corrected chi connectivity index (χ1v) is 6.81. The molecule has 0 aliphatic heterocycles. The molecular formula is C15H23NO2. The summed E-state index contributed by atoms with van der Waals surface area (Å²) in [6.07, 6.45) is 3.93. The van der Waals surface area contributed by atoms with E-state index >= 15 is 0 Å². The summed E-state index contributed by atoms with van der Waals surface area (Å²) in [6.45, 7) is 5.32. The zero-order chi connectivity index (χ0) is 13.1. The first-order valence-electron chi connectivity index (χ1n) is 6.81. The van der Waals surface area contributed by atoms with Crippen molar-refractivity contribution in [3.63, 3.8) is 0 Å². The minimum atomic E-state index is 0.0630. The van der Waals surface area contributed by atoms with Crippen LogP contribution in [0.25, 0.3) is 0 Å². The lowest BCUT2D eigenvalue weighted by atomic mass is 10.0. The normalized spacial score (nSPS) is 25.2. The lowest BCUT2D eigenvalue weighted by Crippen LogP contribution is -2.24. The van der Waals surface area contributed by atoms with Gasteiger partial charge >= 0.3 is 0 Å². The van der Waals surface area contributed by atoms with Crippen molar-refractivity contribution in [2.45, 2.75) is 39.2 Å². The highest BCUT2D eigenvalue weighted by atomic mass is 16.3. The van der Waals surface area contributed by atoms with Crippen LogP contribution in [-0.2, 0) is 0 Å². The minimum Gasteiger partial charge on any atom is -0.508 e. The number of phenols is 2. The van der Waals surface area contributed by atoms with Crippen molar-refractivity contribution in [3.8, 4) is 11.5 Å². The average Bonchev–Trinajstić information content (AvgIpc) is 2.75. The molecule has 1 aromatic carbocycles. The van der Waals surface area contributed by atoms with Gasteiger partial charge in [-0.3, -0.25) is 0 Å². The third kappa shape index (κ3) is 3.16. The van der Waals surface area contributed by atoms with Gasteiger partial charge in [-0.05, 0) is 56.3 Å². The maximum absolute atomic E-state index is 9.79. The molecule has 18 heavy (non-hydrogen) atoms. The number of hydrogen-bond donors (Lipinski definition) is 3. The molecule has 3 heteroatoms. The second kappa shape index (κ2) is 5.61. The molecule has 0 spiro atoms. The Morgan fingerprint density at radius 2 is 2.11 bits per heavy atom. The standard InChI is InChI=1S/C15H23NO2/c1-10-3-4-12(7-10)9-16-11(2)14-8-13(17)5-6-15(14)18/h5-6,8,10-12,16-18H,3-4,7,9H2,1-2H3. The summed E-state index contributed by atoms with van der Waals surface area (Å²) in [6, 6.07) is 4.74. The number of hydrogen-bond acceptors (Lipinski definition) is 3. The molecule has 3 N–H and O–H groups in total. The molecule has 1 aliphatic rings. The molecule has 1 saturated carbocycles. The summed E-state index contributed by atoms with van der Waals surface area (Å²) in [7, 11) is 0. The van der Waals surface area contributed by atoms with E-state index in [1.54, 1.807) is 12.1 Å². The van der Waals surface area contributed by atoms with E-state index in [2.05, 4.69) is 12.2 Å². The van der Waals surface area contributed by atoms with Gasteiger partial charge in [-0.2, -0.15) is 0 Å². The summed E-state index contributed by atoms with van der Waals surface area (Å²) in [5.41, 5.74) is 0.765. The Hall–Kier alpha value is -1.22. The molecule has 3 atom stereocenters. The fraction of sp³-hybridized carbons (Fsp3) is 0.600. The van der Waals surface area contributed by atoms with Crippen molar-refractivity contribution >= 4 is 0 Å². The number of aromatic hydroxyl groups is 2. The highest BCUT2D eigenvalue weighted by Gasteiger charge is 2.22. The van der Waals surface area contributed by atoms with Gasteiger partial charge in [0.25, 0.3) is 0 Å². The lowest BCUT2D eigenvalue weighted by Gasteiger charge is -2.18. The summed E-state index contributed by atoms with van der Waals surface area (Å²) >= 11 is 0. The van der Waals surface area contributed by atoms with Gasteiger partial charge in [0, 0.05) is 11.6 Å². The molecule has 3 unspecified atom stereocenters. The number of benzene rings is 1. The van der Waals surface area contributed by atoms with Gasteiger partial charge in [0.2, 0.25) is 0 Å². The molecule has 1 aromatic rings. The van der Waals surface area contributed by atoms with E-state index in [1.807, 2.05) is 6.92 Å². The van der Waals surface area contributed by atoms with Gasteiger partial charge in [0.15, 0.2) is 0 Å². The smallest absolute Gasteiger partial charge is 0.120 e. The van der Waals surface area contributed by atoms with E-state index in [-0.39, 0.29) is 17.5 Å². The second-order valence-corrected chi connectivity index (χ2v) is 5.66. The Balaban J connectivity index is 1.91. The molecule has 0 aromatic heterocycles. The van der Waals surface area contributed by atoms with Crippen LogP contribution in [0.2, 0.25) is 0 Å². The predicted octanol–water partition coefficient (Wildman–Crippen LogP) is 3.18. The van der Waals surface area contributed by atoms with Gasteiger partial charge in [0.1, 0.15) is 11.5 Å². The van der Waals surface area contributed by atoms with Gasteiger partial charge in [-0.15, -0.1) is 0 Å². The zero-order valence-corrected chi connectivity index (χ0v) is 11.2. The Morgan fingerprint density at radius 3 is 2.78 bits per heavy atom. The second-order valence-electron chi connectivity index (χ2n) is 5.66. The van der Waals surface area contributed by atoms with Gasteiger partial charge < -0.3 is 15.5 Å². The molecule has 3 nitrogen and oxygen atoms in total. The van der Waals surface area contributed by atoms with Crippen LogP contribution in [0.15, 0.2) is 18.2 Å². The van der Waals surface area contributed by atoms with Crippen molar-refractivity contribution in [3.05, 3.63) is 23.8 Å². The van der Waals surface area contributed by atoms with Crippen LogP contribution in [-0.4, -0.2) is 16.8 Å². The maximum Gasteiger partial charge on any atom is 0.120 e. The van der Waals surface area contributed by atoms with Crippen LogP contribution >= 0.6 is 0 Å². The topological polar surface area (TPSA) is 52.5 Å². The zero-order valence-electron chi connectivity index (χ0n) is 11.2. The van der Waals surface area contributed by atoms with Crippen LogP contribution in [0.1, 0.15) is 44.7 Å². The third-order valence-electron chi connectivity index (χ3n) is 3.99. The van der Waals surface area contributed by atoms with E-state index in [4.69, 9.17) is 0 Å². The molecule has 0 saturated heterocycles. The molecule has 0 bridgehead atoms. The van der Waals surface area contributed by atoms with Crippen molar-refractivity contribution < 1.29 is 10.2 Å². The highest BCUT2D eigenvalue weighted by molar-refractivity contribution is 5.40. The van der Waals surface area contributed by atoms with Crippen molar-refractivity contribution in [2.24, 2.45) is 11.8 Å². The van der Waals surface area contributed by atoms with Crippen molar-refractivity contribution in [1.29, 1.82) is 0 Å². The quantitative estimate of drug-likeness (QED) is 0.718. The largest absolute Gasteiger partial charge is 0.508 e. The third-order valence-corrected chi connectivity index (χ3v) is 3.99. The van der Waals surface area contributed by atoms with Crippen molar-refractivity contribution in [1.82, 2.24) is 5.32 Å². The van der Waals surface area contributed by atoms with Crippen LogP contribution in [0.4, 0.5) is 0 Å². The Kier molecular flexibility index (Phi) is 4.12. The van der Waals surface area contributed by atoms with Crippen LogP contribution in [0.3, 0.4) is 0 Å². The van der Waals surface area contributed by atoms with E-state index in [1.165, 1.54) is 25.3 Å². The molecular weight excluding hydrogens is 226 g/mol. The van der Waals surface area contributed by atoms with E-state index < -0.39 is 0 Å². The van der Waals surface area contributed by atoms with E-state index in [0.29, 0.717) is 0 Å². The monoisotopic (exact) mass is 249 g/mol. The van der Waals surface area contributed by atoms with Gasteiger partial charge in [-0.1, -0.05) is 13.3 Å². The van der Waals surface area contributed by atoms with Crippen molar-refractivity contribution in [2.75, 3.05) is 6.54 Å². The lowest BCUT2D eigenvalue weighted by molar-refractivity contribution is 0.416. The first-order chi connectivity index (χ1) is 8.56. The van der Waals surface area contributed by atoms with Crippen LogP contribution < -0.4 is 5.32 Å². The molecule has 0 heterocycles. The molecule has 2 rings (SSSR count). The first kappa shape index (κ1) is 13.2. The summed E-state index contributed by atoms with van der Waals surface area (Å²) in [4.78, 5) is 0. The highest BCUT2D eigenvalue weighted by Crippen LogP contribution is 2.31. The molecule has 1 fully saturated rings. The van der Waals surface area contributed by atoms with Crippen LogP contribution in [0, 0.1) is 11.8 Å². The van der Waals surface area contributed by atoms with Gasteiger partial charge in [-0.25, -0.2) is 0 Å². The SMILES string of the molecule is CC1CCC(CNC(C)c2cc(O)ccc2O)C1. The fourth-order valence-corrected chi connectivity index (χ4v) is 2.85. The van der Waals surface area contributed by atoms with Gasteiger partial charge in [0.05, 0.1) is 0 Å². The predicted molar refractivity (Wildman–Crippen MR) is 72.7 cm³/mol. The molecule has 1 aliphatic carbocycles. The summed E-state index contributed by atoms with van der Waals surface area (Å²) < 4.78 is 0. The Morgan fingerprint density at radius 1 is 1.33 bits per heavy atom. The Bertz CT molecular complexity index is 405. The number of rotatable bonds is 4. The minimum absolute atomic E-state index is 0.0630. The summed E-state index contributed by atoms with van der Waals surface area (Å²) in [5.74, 6) is 2.04. The molecule has 0 radical (unpaired) electrons. The van der Waals surface area contributed by atoms with Crippen LogP contribution in [0.5, 0.6) is 11.5 Å².